The maximum atomic E-state index is 13.4. The topological polar surface area (TPSA) is 12.0 Å². The average molecular weight is 260 g/mol. The van der Waals surface area contributed by atoms with Crippen LogP contribution in [0, 0.1) is 5.82 Å². The van der Waals surface area contributed by atoms with E-state index in [-0.39, 0.29) is 11.4 Å². The lowest BCUT2D eigenvalue weighted by atomic mass is 9.95. The standard InChI is InChI=1S/C11H15BrFN/c1-11(2,14-3)7-8-6-9(12)4-5-10(8)13/h4-6,14H,7H2,1-3H3. The summed E-state index contributed by atoms with van der Waals surface area (Å²) in [7, 11) is 1.88. The van der Waals surface area contributed by atoms with E-state index in [0.717, 1.165) is 10.0 Å². The van der Waals surface area contributed by atoms with Gasteiger partial charge in [0, 0.05) is 10.0 Å². The zero-order valence-electron chi connectivity index (χ0n) is 8.70. The lowest BCUT2D eigenvalue weighted by Crippen LogP contribution is -2.38. The van der Waals surface area contributed by atoms with Crippen molar-refractivity contribution in [2.75, 3.05) is 7.05 Å². The number of benzene rings is 1. The maximum absolute atomic E-state index is 13.4. The maximum Gasteiger partial charge on any atom is 0.126 e. The summed E-state index contributed by atoms with van der Waals surface area (Å²) in [4.78, 5) is 0. The van der Waals surface area contributed by atoms with Crippen molar-refractivity contribution in [1.82, 2.24) is 5.32 Å². The van der Waals surface area contributed by atoms with E-state index in [0.29, 0.717) is 6.42 Å². The number of rotatable bonds is 3. The number of nitrogens with one attached hydrogen (secondary N) is 1. The van der Waals surface area contributed by atoms with Crippen LogP contribution in [0.5, 0.6) is 0 Å². The third kappa shape index (κ3) is 3.07. The van der Waals surface area contributed by atoms with Gasteiger partial charge in [0.05, 0.1) is 0 Å². The van der Waals surface area contributed by atoms with Gasteiger partial charge in [-0.15, -0.1) is 0 Å². The molecular weight excluding hydrogens is 245 g/mol. The highest BCUT2D eigenvalue weighted by molar-refractivity contribution is 9.10. The number of hydrogen-bond donors (Lipinski definition) is 1. The van der Waals surface area contributed by atoms with Crippen molar-refractivity contribution in [3.8, 4) is 0 Å². The normalized spacial score (nSPS) is 11.8. The monoisotopic (exact) mass is 259 g/mol. The van der Waals surface area contributed by atoms with Crippen LogP contribution in [0.1, 0.15) is 19.4 Å². The first-order valence-corrected chi connectivity index (χ1v) is 5.37. The van der Waals surface area contributed by atoms with Gasteiger partial charge in [-0.1, -0.05) is 15.9 Å². The number of hydrogen-bond acceptors (Lipinski definition) is 1. The van der Waals surface area contributed by atoms with Crippen LogP contribution in [-0.2, 0) is 6.42 Å². The predicted molar refractivity (Wildman–Crippen MR) is 60.9 cm³/mol. The minimum atomic E-state index is -0.142. The Morgan fingerprint density at radius 3 is 2.64 bits per heavy atom. The van der Waals surface area contributed by atoms with Crippen molar-refractivity contribution < 1.29 is 4.39 Å². The third-order valence-corrected chi connectivity index (χ3v) is 2.81. The lowest BCUT2D eigenvalue weighted by molar-refractivity contribution is 0.414. The van der Waals surface area contributed by atoms with E-state index in [1.807, 2.05) is 27.0 Å². The first-order chi connectivity index (χ1) is 6.44. The fraction of sp³-hybridized carbons (Fsp3) is 0.455. The van der Waals surface area contributed by atoms with E-state index >= 15 is 0 Å². The Kier molecular flexibility index (Phi) is 3.67. The molecule has 0 amide bonds. The molecule has 0 saturated carbocycles. The second-order valence-corrected chi connectivity index (χ2v) is 4.96. The Bertz CT molecular complexity index is 323. The molecule has 3 heteroatoms. The van der Waals surface area contributed by atoms with Crippen molar-refractivity contribution in [3.63, 3.8) is 0 Å². The molecule has 0 fully saturated rings. The van der Waals surface area contributed by atoms with Crippen LogP contribution < -0.4 is 5.32 Å². The summed E-state index contributed by atoms with van der Waals surface area (Å²) in [5, 5.41) is 3.15. The van der Waals surface area contributed by atoms with Crippen LogP contribution in [0.2, 0.25) is 0 Å². The molecule has 14 heavy (non-hydrogen) atoms. The molecule has 1 rings (SSSR count). The van der Waals surface area contributed by atoms with E-state index in [9.17, 15) is 4.39 Å². The molecule has 0 saturated heterocycles. The Hall–Kier alpha value is -0.410. The van der Waals surface area contributed by atoms with Crippen LogP contribution in [0.15, 0.2) is 22.7 Å². The summed E-state index contributed by atoms with van der Waals surface area (Å²) < 4.78 is 14.3. The van der Waals surface area contributed by atoms with Gasteiger partial charge in [0.1, 0.15) is 5.82 Å². The van der Waals surface area contributed by atoms with Crippen LogP contribution in [0.3, 0.4) is 0 Å². The van der Waals surface area contributed by atoms with E-state index in [2.05, 4.69) is 21.2 Å². The third-order valence-electron chi connectivity index (χ3n) is 2.32. The molecule has 0 atom stereocenters. The second kappa shape index (κ2) is 4.41. The van der Waals surface area contributed by atoms with Gasteiger partial charge in [0.25, 0.3) is 0 Å². The first-order valence-electron chi connectivity index (χ1n) is 4.57. The van der Waals surface area contributed by atoms with Gasteiger partial charge < -0.3 is 5.32 Å². The largest absolute Gasteiger partial charge is 0.314 e. The number of likely N-dealkylation sites (N-methyl/N-ethyl adjacent to an activating group) is 1. The van der Waals surface area contributed by atoms with E-state index in [1.165, 1.54) is 6.07 Å². The lowest BCUT2D eigenvalue weighted by Gasteiger charge is -2.24. The zero-order valence-corrected chi connectivity index (χ0v) is 10.3. The summed E-state index contributed by atoms with van der Waals surface area (Å²) in [6.45, 7) is 4.10. The minimum Gasteiger partial charge on any atom is -0.314 e. The molecule has 1 aromatic carbocycles. The summed E-state index contributed by atoms with van der Waals surface area (Å²) >= 11 is 3.34. The summed E-state index contributed by atoms with van der Waals surface area (Å²) in [5.41, 5.74) is 0.653. The van der Waals surface area contributed by atoms with Crippen molar-refractivity contribution in [2.45, 2.75) is 25.8 Å². The van der Waals surface area contributed by atoms with Crippen molar-refractivity contribution in [2.24, 2.45) is 0 Å². The van der Waals surface area contributed by atoms with Gasteiger partial charge in [-0.2, -0.15) is 0 Å². The SMILES string of the molecule is CNC(C)(C)Cc1cc(Br)ccc1F. The molecule has 1 N–H and O–H groups in total. The highest BCUT2D eigenvalue weighted by Gasteiger charge is 2.17. The van der Waals surface area contributed by atoms with Crippen LogP contribution in [-0.4, -0.2) is 12.6 Å². The van der Waals surface area contributed by atoms with Crippen molar-refractivity contribution in [1.29, 1.82) is 0 Å². The molecular formula is C11H15BrFN. The number of halogens is 2. The smallest absolute Gasteiger partial charge is 0.126 e. The van der Waals surface area contributed by atoms with Gasteiger partial charge in [-0.05, 0) is 51.1 Å². The molecule has 78 valence electrons. The molecule has 1 aromatic rings. The highest BCUT2D eigenvalue weighted by atomic mass is 79.9. The predicted octanol–water partition coefficient (Wildman–Crippen LogP) is 3.13. The zero-order chi connectivity index (χ0) is 10.8. The molecule has 0 aliphatic carbocycles. The molecule has 1 nitrogen and oxygen atoms in total. The molecule has 0 unspecified atom stereocenters. The van der Waals surface area contributed by atoms with Gasteiger partial charge in [-0.3, -0.25) is 0 Å². The van der Waals surface area contributed by atoms with Gasteiger partial charge in [-0.25, -0.2) is 4.39 Å². The summed E-state index contributed by atoms with van der Waals surface area (Å²) in [6, 6.07) is 5.03. The second-order valence-electron chi connectivity index (χ2n) is 4.05. The summed E-state index contributed by atoms with van der Waals surface area (Å²) in [5.74, 6) is -0.142. The van der Waals surface area contributed by atoms with Crippen LogP contribution in [0.4, 0.5) is 4.39 Å². The Morgan fingerprint density at radius 2 is 2.07 bits per heavy atom. The Labute approximate surface area is 92.8 Å². The van der Waals surface area contributed by atoms with Gasteiger partial charge in [0.15, 0.2) is 0 Å². The van der Waals surface area contributed by atoms with Crippen molar-refractivity contribution in [3.05, 3.63) is 34.1 Å². The fourth-order valence-corrected chi connectivity index (χ4v) is 1.65. The van der Waals surface area contributed by atoms with E-state index < -0.39 is 0 Å². The van der Waals surface area contributed by atoms with Crippen molar-refractivity contribution >= 4 is 15.9 Å². The van der Waals surface area contributed by atoms with Crippen LogP contribution >= 0.6 is 15.9 Å². The Balaban J connectivity index is 2.91. The van der Waals surface area contributed by atoms with Gasteiger partial charge >= 0.3 is 0 Å². The molecule has 0 aliphatic rings. The van der Waals surface area contributed by atoms with E-state index in [1.54, 1.807) is 6.07 Å². The molecule has 0 aromatic heterocycles. The highest BCUT2D eigenvalue weighted by Crippen LogP contribution is 2.20. The quantitative estimate of drug-likeness (QED) is 0.880. The van der Waals surface area contributed by atoms with Crippen LogP contribution in [0.25, 0.3) is 0 Å². The molecule has 0 aliphatic heterocycles. The molecule has 0 heterocycles. The molecule has 0 radical (unpaired) electrons. The summed E-state index contributed by atoms with van der Waals surface area (Å²) in [6.07, 6.45) is 0.675. The average Bonchev–Trinajstić information content (AvgIpc) is 2.11. The minimum absolute atomic E-state index is 0.0817. The molecule has 0 spiro atoms. The van der Waals surface area contributed by atoms with E-state index in [4.69, 9.17) is 0 Å². The first kappa shape index (κ1) is 11.7. The molecule has 0 bridgehead atoms. The van der Waals surface area contributed by atoms with Gasteiger partial charge in [0.2, 0.25) is 0 Å². The fourth-order valence-electron chi connectivity index (χ4n) is 1.24. The Morgan fingerprint density at radius 1 is 1.43 bits per heavy atom.